The minimum atomic E-state index is 0.231. The summed E-state index contributed by atoms with van der Waals surface area (Å²) >= 11 is 0. The predicted molar refractivity (Wildman–Crippen MR) is 99.1 cm³/mol. The van der Waals surface area contributed by atoms with E-state index in [0.29, 0.717) is 28.3 Å². The summed E-state index contributed by atoms with van der Waals surface area (Å²) in [5, 5.41) is 0. The van der Waals surface area contributed by atoms with Crippen molar-refractivity contribution in [3.8, 4) is 0 Å². The summed E-state index contributed by atoms with van der Waals surface area (Å²) in [6.45, 7) is 7.35. The molecular formula is C23H36O2. The Labute approximate surface area is 153 Å². The first-order chi connectivity index (χ1) is 11.9. The van der Waals surface area contributed by atoms with Gasteiger partial charge >= 0.3 is 0 Å². The van der Waals surface area contributed by atoms with E-state index in [-0.39, 0.29) is 5.92 Å². The molecule has 5 rings (SSSR count). The lowest BCUT2D eigenvalue weighted by Gasteiger charge is -2.61. The Morgan fingerprint density at radius 3 is 2.56 bits per heavy atom. The molecule has 1 spiro atoms. The number of carbonyl (C=O) groups excluding carboxylic acids is 1. The third-order valence-corrected chi connectivity index (χ3v) is 10.8. The van der Waals surface area contributed by atoms with Crippen molar-refractivity contribution in [2.75, 3.05) is 7.11 Å². The number of fused-ring (bicyclic) bond motifs is 4. The van der Waals surface area contributed by atoms with E-state index in [2.05, 4.69) is 20.8 Å². The summed E-state index contributed by atoms with van der Waals surface area (Å²) in [6.07, 6.45) is 12.7. The van der Waals surface area contributed by atoms with Crippen LogP contribution in [0.25, 0.3) is 0 Å². The van der Waals surface area contributed by atoms with Gasteiger partial charge in [-0.3, -0.25) is 0 Å². The van der Waals surface area contributed by atoms with Gasteiger partial charge in [-0.25, -0.2) is 0 Å². The van der Waals surface area contributed by atoms with Crippen LogP contribution in [0, 0.1) is 51.8 Å². The van der Waals surface area contributed by atoms with Gasteiger partial charge in [0.25, 0.3) is 0 Å². The Morgan fingerprint density at radius 1 is 1.08 bits per heavy atom. The Bertz CT molecular complexity index is 587. The van der Waals surface area contributed by atoms with Crippen molar-refractivity contribution in [2.45, 2.75) is 78.2 Å². The molecule has 140 valence electrons. The van der Waals surface area contributed by atoms with Crippen LogP contribution < -0.4 is 0 Å². The fourth-order valence-corrected chi connectivity index (χ4v) is 9.58. The average Bonchev–Trinajstić information content (AvgIpc) is 3.12. The number of ether oxygens (including phenoxy) is 1. The van der Waals surface area contributed by atoms with Gasteiger partial charge in [0, 0.05) is 18.4 Å². The van der Waals surface area contributed by atoms with Crippen LogP contribution in [-0.2, 0) is 9.53 Å². The first-order valence-electron chi connectivity index (χ1n) is 10.9. The summed E-state index contributed by atoms with van der Waals surface area (Å²) in [6, 6.07) is 0. The molecule has 2 heteroatoms. The van der Waals surface area contributed by atoms with Gasteiger partial charge in [0.05, 0.1) is 6.10 Å². The Balaban J connectivity index is 1.50. The molecule has 0 aromatic heterocycles. The van der Waals surface area contributed by atoms with Gasteiger partial charge in [-0.1, -0.05) is 20.8 Å². The van der Waals surface area contributed by atoms with Gasteiger partial charge in [0.1, 0.15) is 6.29 Å². The summed E-state index contributed by atoms with van der Waals surface area (Å²) in [4.78, 5) is 11.5. The first kappa shape index (κ1) is 16.8. The van der Waals surface area contributed by atoms with Crippen LogP contribution in [0.15, 0.2) is 0 Å². The molecular weight excluding hydrogens is 308 g/mol. The molecule has 0 aliphatic heterocycles. The molecule has 0 amide bonds. The Kier molecular flexibility index (Phi) is 3.43. The van der Waals surface area contributed by atoms with Crippen LogP contribution in [0.4, 0.5) is 0 Å². The van der Waals surface area contributed by atoms with Crippen LogP contribution in [-0.4, -0.2) is 19.5 Å². The molecule has 0 bridgehead atoms. The quantitative estimate of drug-likeness (QED) is 0.665. The molecule has 0 radical (unpaired) electrons. The zero-order chi connectivity index (χ0) is 17.6. The standard InChI is InChI=1S/C23H36O2/c1-14(13-24)17-5-6-18-16-11-20(25-4)23-12-15(23)7-10-22(23,3)19(16)8-9-21(17,18)2/h13-20H,5-12H2,1-4H3/t14-,15-,16?,17?,18?,19?,20-,21-,22-,23?/m1/s1. The Morgan fingerprint density at radius 2 is 1.88 bits per heavy atom. The van der Waals surface area contributed by atoms with Crippen molar-refractivity contribution < 1.29 is 9.53 Å². The summed E-state index contributed by atoms with van der Waals surface area (Å²) in [7, 11) is 1.97. The Hall–Kier alpha value is -0.370. The van der Waals surface area contributed by atoms with Crippen LogP contribution >= 0.6 is 0 Å². The van der Waals surface area contributed by atoms with Crippen molar-refractivity contribution in [1.29, 1.82) is 0 Å². The summed E-state index contributed by atoms with van der Waals surface area (Å²) < 4.78 is 6.18. The lowest BCUT2D eigenvalue weighted by Crippen LogP contribution is -2.57. The maximum atomic E-state index is 11.5. The fraction of sp³-hybridized carbons (Fsp3) is 0.957. The van der Waals surface area contributed by atoms with E-state index in [0.717, 1.165) is 23.7 Å². The molecule has 0 heterocycles. The largest absolute Gasteiger partial charge is 0.381 e. The third-order valence-electron chi connectivity index (χ3n) is 10.8. The highest BCUT2D eigenvalue weighted by Crippen LogP contribution is 2.82. The van der Waals surface area contributed by atoms with Crippen LogP contribution in [0.5, 0.6) is 0 Å². The van der Waals surface area contributed by atoms with Crippen molar-refractivity contribution in [3.05, 3.63) is 0 Å². The van der Waals surface area contributed by atoms with Crippen LogP contribution in [0.3, 0.4) is 0 Å². The molecule has 5 aliphatic rings. The molecule has 0 N–H and O–H groups in total. The highest BCUT2D eigenvalue weighted by atomic mass is 16.5. The zero-order valence-electron chi connectivity index (χ0n) is 16.6. The fourth-order valence-electron chi connectivity index (χ4n) is 9.58. The van der Waals surface area contributed by atoms with E-state index in [1.54, 1.807) is 0 Å². The lowest BCUT2D eigenvalue weighted by molar-refractivity contribution is -0.161. The third kappa shape index (κ3) is 1.79. The molecule has 0 saturated heterocycles. The zero-order valence-corrected chi connectivity index (χ0v) is 16.6. The maximum absolute atomic E-state index is 11.5. The first-order valence-corrected chi connectivity index (χ1v) is 10.9. The molecule has 0 aromatic carbocycles. The minimum Gasteiger partial charge on any atom is -0.381 e. The number of hydrogen-bond acceptors (Lipinski definition) is 2. The number of rotatable bonds is 3. The normalized spacial score (nSPS) is 60.2. The van der Waals surface area contributed by atoms with Gasteiger partial charge < -0.3 is 9.53 Å². The van der Waals surface area contributed by atoms with Crippen molar-refractivity contribution >= 4 is 6.29 Å². The van der Waals surface area contributed by atoms with E-state index in [9.17, 15) is 4.79 Å². The molecule has 25 heavy (non-hydrogen) atoms. The number of methoxy groups -OCH3 is 1. The number of hydrogen-bond donors (Lipinski definition) is 0. The summed E-state index contributed by atoms with van der Waals surface area (Å²) in [5.74, 6) is 4.37. The topological polar surface area (TPSA) is 26.3 Å². The van der Waals surface area contributed by atoms with Gasteiger partial charge in [0.15, 0.2) is 0 Å². The maximum Gasteiger partial charge on any atom is 0.123 e. The average molecular weight is 345 g/mol. The second-order valence-electron chi connectivity index (χ2n) is 11.0. The minimum absolute atomic E-state index is 0.231. The molecule has 5 aliphatic carbocycles. The molecule has 2 nitrogen and oxygen atoms in total. The monoisotopic (exact) mass is 344 g/mol. The molecule has 5 saturated carbocycles. The summed E-state index contributed by atoms with van der Waals surface area (Å²) in [5.41, 5.74) is 1.45. The lowest BCUT2D eigenvalue weighted by atomic mass is 9.45. The number of aldehydes is 1. The van der Waals surface area contributed by atoms with Gasteiger partial charge in [-0.05, 0) is 91.8 Å². The van der Waals surface area contributed by atoms with Crippen molar-refractivity contribution in [3.63, 3.8) is 0 Å². The van der Waals surface area contributed by atoms with Crippen molar-refractivity contribution in [2.24, 2.45) is 51.8 Å². The number of carbonyl (C=O) groups is 1. The van der Waals surface area contributed by atoms with E-state index in [4.69, 9.17) is 4.74 Å². The second kappa shape index (κ2) is 5.12. The van der Waals surface area contributed by atoms with Gasteiger partial charge in [-0.15, -0.1) is 0 Å². The molecule has 0 aromatic rings. The highest BCUT2D eigenvalue weighted by molar-refractivity contribution is 5.53. The van der Waals surface area contributed by atoms with Gasteiger partial charge in [-0.2, -0.15) is 0 Å². The van der Waals surface area contributed by atoms with Crippen LogP contribution in [0.2, 0.25) is 0 Å². The van der Waals surface area contributed by atoms with E-state index >= 15 is 0 Å². The molecule has 5 unspecified atom stereocenters. The second-order valence-corrected chi connectivity index (χ2v) is 11.0. The smallest absolute Gasteiger partial charge is 0.123 e. The van der Waals surface area contributed by atoms with Crippen LogP contribution in [0.1, 0.15) is 72.1 Å². The molecule has 5 fully saturated rings. The highest BCUT2D eigenvalue weighted by Gasteiger charge is 2.77. The molecule has 10 atom stereocenters. The van der Waals surface area contributed by atoms with E-state index in [1.165, 1.54) is 57.7 Å². The predicted octanol–water partition coefficient (Wildman–Crippen LogP) is 5.11. The SMILES string of the molecule is CO[C@@H]1CC2C3CCC([C@H](C)C=O)[C@@]3(C)CCC2[C@@]2(C)CC[C@@H]3CC312. The van der Waals surface area contributed by atoms with Crippen molar-refractivity contribution in [1.82, 2.24) is 0 Å². The van der Waals surface area contributed by atoms with E-state index in [1.807, 2.05) is 7.11 Å². The van der Waals surface area contributed by atoms with Gasteiger partial charge in [0.2, 0.25) is 0 Å². The van der Waals surface area contributed by atoms with E-state index < -0.39 is 0 Å².